The second-order valence-electron chi connectivity index (χ2n) is 4.37. The fourth-order valence-electron chi connectivity index (χ4n) is 1.57. The van der Waals surface area contributed by atoms with E-state index in [0.717, 1.165) is 6.07 Å². The van der Waals surface area contributed by atoms with Crippen LogP contribution >= 0.6 is 15.9 Å². The summed E-state index contributed by atoms with van der Waals surface area (Å²) in [4.78, 5) is 0. The van der Waals surface area contributed by atoms with Crippen molar-refractivity contribution in [2.75, 3.05) is 0 Å². The molecule has 1 atom stereocenters. The van der Waals surface area contributed by atoms with Gasteiger partial charge in [-0.25, -0.2) is 4.39 Å². The first-order chi connectivity index (χ1) is 7.56. The summed E-state index contributed by atoms with van der Waals surface area (Å²) in [5.41, 5.74) is 3.99. The van der Waals surface area contributed by atoms with Gasteiger partial charge in [-0.05, 0) is 23.8 Å². The largest absolute Gasteiger partial charge is 0.404 e. The molecule has 0 amide bonds. The predicted molar refractivity (Wildman–Crippen MR) is 61.2 cm³/mol. The van der Waals surface area contributed by atoms with E-state index in [2.05, 4.69) is 15.9 Å². The van der Waals surface area contributed by atoms with Crippen molar-refractivity contribution in [2.45, 2.75) is 31.5 Å². The molecule has 2 N–H and O–H groups in total. The predicted octanol–water partition coefficient (Wildman–Crippen LogP) is 3.76. The van der Waals surface area contributed by atoms with E-state index in [1.807, 2.05) is 0 Å². The van der Waals surface area contributed by atoms with Gasteiger partial charge in [0.25, 0.3) is 0 Å². The average Bonchev–Trinajstić information content (AvgIpc) is 2.19. The summed E-state index contributed by atoms with van der Waals surface area (Å²) in [6, 6.07) is 1.54. The maximum atomic E-state index is 13.1. The minimum atomic E-state index is -4.53. The molecule has 0 spiro atoms. The minimum Gasteiger partial charge on any atom is -0.319 e. The second kappa shape index (κ2) is 4.57. The topological polar surface area (TPSA) is 26.0 Å². The van der Waals surface area contributed by atoms with E-state index in [1.54, 1.807) is 0 Å². The Morgan fingerprint density at radius 2 is 1.76 bits per heavy atom. The number of alkyl halides is 3. The van der Waals surface area contributed by atoms with E-state index in [1.165, 1.54) is 26.0 Å². The lowest BCUT2D eigenvalue weighted by Gasteiger charge is -2.34. The van der Waals surface area contributed by atoms with Gasteiger partial charge in [-0.3, -0.25) is 0 Å². The third kappa shape index (κ3) is 2.98. The van der Waals surface area contributed by atoms with Gasteiger partial charge < -0.3 is 5.73 Å². The van der Waals surface area contributed by atoms with E-state index in [9.17, 15) is 17.6 Å². The highest BCUT2D eigenvalue weighted by molar-refractivity contribution is 9.10. The van der Waals surface area contributed by atoms with E-state index in [-0.39, 0.29) is 5.56 Å². The summed E-state index contributed by atoms with van der Waals surface area (Å²) in [6.07, 6.45) is -4.53. The zero-order chi connectivity index (χ0) is 13.4. The number of halogens is 5. The SMILES string of the molecule is CC(C)(c1cc(F)ccc1Br)C(N)C(F)(F)F. The molecule has 0 aliphatic carbocycles. The molecule has 0 aromatic heterocycles. The lowest BCUT2D eigenvalue weighted by molar-refractivity contribution is -0.160. The second-order valence-corrected chi connectivity index (χ2v) is 5.22. The Morgan fingerprint density at radius 3 is 2.24 bits per heavy atom. The van der Waals surface area contributed by atoms with Crippen LogP contribution in [0.25, 0.3) is 0 Å². The Hall–Kier alpha value is -0.620. The third-order valence-electron chi connectivity index (χ3n) is 2.75. The van der Waals surface area contributed by atoms with Gasteiger partial charge in [0.15, 0.2) is 0 Å². The maximum Gasteiger partial charge on any atom is 0.404 e. The Balaban J connectivity index is 3.25. The number of hydrogen-bond donors (Lipinski definition) is 1. The van der Waals surface area contributed by atoms with Crippen LogP contribution in [-0.2, 0) is 5.41 Å². The summed E-state index contributed by atoms with van der Waals surface area (Å²) < 4.78 is 51.4. The molecule has 0 heterocycles. The van der Waals surface area contributed by atoms with Crippen molar-refractivity contribution in [3.8, 4) is 0 Å². The summed E-state index contributed by atoms with van der Waals surface area (Å²) in [5, 5.41) is 0. The highest BCUT2D eigenvalue weighted by Gasteiger charge is 2.47. The first kappa shape index (κ1) is 14.4. The molecular formula is C11H12BrF4N. The summed E-state index contributed by atoms with van der Waals surface area (Å²) >= 11 is 3.11. The van der Waals surface area contributed by atoms with Crippen molar-refractivity contribution >= 4 is 15.9 Å². The van der Waals surface area contributed by atoms with E-state index in [4.69, 9.17) is 5.73 Å². The van der Waals surface area contributed by atoms with Gasteiger partial charge in [0.05, 0.1) is 0 Å². The highest BCUT2D eigenvalue weighted by Crippen LogP contribution is 2.38. The van der Waals surface area contributed by atoms with Crippen LogP contribution in [0.2, 0.25) is 0 Å². The first-order valence-electron chi connectivity index (χ1n) is 4.84. The van der Waals surface area contributed by atoms with Gasteiger partial charge in [-0.2, -0.15) is 13.2 Å². The molecule has 96 valence electrons. The number of rotatable bonds is 2. The van der Waals surface area contributed by atoms with Crippen LogP contribution in [0.5, 0.6) is 0 Å². The fraction of sp³-hybridized carbons (Fsp3) is 0.455. The van der Waals surface area contributed by atoms with Gasteiger partial charge >= 0.3 is 6.18 Å². The standard InChI is InChI=1S/C11H12BrF4N/c1-10(2,9(17)11(14,15)16)7-5-6(13)3-4-8(7)12/h3-5,9H,17H2,1-2H3. The highest BCUT2D eigenvalue weighted by atomic mass is 79.9. The van der Waals surface area contributed by atoms with Crippen LogP contribution in [0, 0.1) is 5.82 Å². The molecule has 1 unspecified atom stereocenters. The average molecular weight is 314 g/mol. The summed E-state index contributed by atoms with van der Waals surface area (Å²) in [6.45, 7) is 2.68. The van der Waals surface area contributed by atoms with Crippen LogP contribution < -0.4 is 5.73 Å². The third-order valence-corrected chi connectivity index (χ3v) is 3.44. The summed E-state index contributed by atoms with van der Waals surface area (Å²) in [5.74, 6) is -0.592. The lowest BCUT2D eigenvalue weighted by Crippen LogP contribution is -2.51. The molecule has 0 radical (unpaired) electrons. The number of benzene rings is 1. The van der Waals surface area contributed by atoms with Crippen molar-refractivity contribution in [1.82, 2.24) is 0 Å². The molecule has 0 aliphatic rings. The molecule has 0 aliphatic heterocycles. The lowest BCUT2D eigenvalue weighted by atomic mass is 9.78. The first-order valence-corrected chi connectivity index (χ1v) is 5.64. The quantitative estimate of drug-likeness (QED) is 0.827. The summed E-state index contributed by atoms with van der Waals surface area (Å²) in [7, 11) is 0. The number of hydrogen-bond acceptors (Lipinski definition) is 1. The molecule has 0 bridgehead atoms. The van der Waals surface area contributed by atoms with Gasteiger partial charge in [0, 0.05) is 9.89 Å². The van der Waals surface area contributed by atoms with Crippen LogP contribution in [0.15, 0.2) is 22.7 Å². The van der Waals surface area contributed by atoms with Crippen molar-refractivity contribution in [3.63, 3.8) is 0 Å². The molecule has 0 fully saturated rings. The van der Waals surface area contributed by atoms with Gasteiger partial charge in [-0.15, -0.1) is 0 Å². The number of nitrogens with two attached hydrogens (primary N) is 1. The van der Waals surface area contributed by atoms with Crippen LogP contribution in [0.1, 0.15) is 19.4 Å². The van der Waals surface area contributed by atoms with Crippen molar-refractivity contribution < 1.29 is 17.6 Å². The van der Waals surface area contributed by atoms with Gasteiger partial charge in [-0.1, -0.05) is 29.8 Å². The van der Waals surface area contributed by atoms with Crippen LogP contribution in [-0.4, -0.2) is 12.2 Å². The Bertz CT molecular complexity index is 414. The van der Waals surface area contributed by atoms with E-state index in [0.29, 0.717) is 4.47 Å². The Kier molecular flexibility index (Phi) is 3.88. The van der Waals surface area contributed by atoms with Crippen molar-refractivity contribution in [2.24, 2.45) is 5.73 Å². The van der Waals surface area contributed by atoms with E-state index >= 15 is 0 Å². The zero-order valence-electron chi connectivity index (χ0n) is 9.28. The molecule has 1 nitrogen and oxygen atoms in total. The Morgan fingerprint density at radius 1 is 1.24 bits per heavy atom. The van der Waals surface area contributed by atoms with Crippen molar-refractivity contribution in [1.29, 1.82) is 0 Å². The van der Waals surface area contributed by atoms with Crippen molar-refractivity contribution in [3.05, 3.63) is 34.1 Å². The molecule has 0 saturated carbocycles. The van der Waals surface area contributed by atoms with E-state index < -0.39 is 23.5 Å². The molecule has 1 aromatic rings. The molecule has 6 heteroatoms. The van der Waals surface area contributed by atoms with Crippen LogP contribution in [0.4, 0.5) is 17.6 Å². The Labute approximate surface area is 105 Å². The smallest absolute Gasteiger partial charge is 0.319 e. The molecule has 0 saturated heterocycles. The zero-order valence-corrected chi connectivity index (χ0v) is 10.9. The molecular weight excluding hydrogens is 302 g/mol. The molecule has 17 heavy (non-hydrogen) atoms. The monoisotopic (exact) mass is 313 g/mol. The minimum absolute atomic E-state index is 0.197. The van der Waals surface area contributed by atoms with Crippen LogP contribution in [0.3, 0.4) is 0 Å². The van der Waals surface area contributed by atoms with Gasteiger partial charge in [0.2, 0.25) is 0 Å². The normalized spacial score (nSPS) is 14.8. The molecule has 1 aromatic carbocycles. The fourth-order valence-corrected chi connectivity index (χ4v) is 2.33. The molecule has 1 rings (SSSR count). The van der Waals surface area contributed by atoms with Gasteiger partial charge in [0.1, 0.15) is 11.9 Å². The maximum absolute atomic E-state index is 13.1.